The minimum Gasteiger partial charge on any atom is -0.0843 e. The van der Waals surface area contributed by atoms with Crippen LogP contribution in [0.25, 0.3) is 0 Å². The Labute approximate surface area is 80.0 Å². The van der Waals surface area contributed by atoms with Gasteiger partial charge < -0.3 is 0 Å². The van der Waals surface area contributed by atoms with Crippen LogP contribution in [0, 0.1) is 0 Å². The first-order valence-corrected chi connectivity index (χ1v) is 4.62. The van der Waals surface area contributed by atoms with Crippen LogP contribution in [0.1, 0.15) is 5.56 Å². The van der Waals surface area contributed by atoms with E-state index in [1.807, 2.05) is 29.3 Å². The molecule has 0 nitrogen and oxygen atoms in total. The van der Waals surface area contributed by atoms with Gasteiger partial charge in [0.25, 0.3) is 0 Å². The summed E-state index contributed by atoms with van der Waals surface area (Å²) in [5, 5.41) is 0.797. The van der Waals surface area contributed by atoms with Gasteiger partial charge in [-0.1, -0.05) is 45.7 Å². The van der Waals surface area contributed by atoms with Gasteiger partial charge in [0, 0.05) is 5.02 Å². The van der Waals surface area contributed by atoms with Crippen molar-refractivity contribution in [3.8, 4) is 0 Å². The van der Waals surface area contributed by atoms with E-state index in [-0.39, 0.29) is 0 Å². The minimum absolute atomic E-state index is 0.797. The van der Waals surface area contributed by atoms with Gasteiger partial charge in [-0.15, -0.1) is 0 Å². The van der Waals surface area contributed by atoms with Gasteiger partial charge in [-0.05, 0) is 29.1 Å². The van der Waals surface area contributed by atoms with Gasteiger partial charge in [-0.25, -0.2) is 0 Å². The first-order valence-electron chi connectivity index (χ1n) is 3.32. The standard InChI is InChI=1S/C9H8BrCl/c10-6-2-4-8-3-1-5-9(11)7-8/h1-3,5-7H,4H2/b6-2+. The van der Waals surface area contributed by atoms with Gasteiger partial charge in [0.15, 0.2) is 0 Å². The van der Waals surface area contributed by atoms with Gasteiger partial charge in [-0.3, -0.25) is 0 Å². The van der Waals surface area contributed by atoms with Crippen LogP contribution < -0.4 is 0 Å². The Morgan fingerprint density at radius 1 is 1.45 bits per heavy atom. The normalized spacial score (nSPS) is 10.7. The lowest BCUT2D eigenvalue weighted by Gasteiger charge is -1.95. The van der Waals surface area contributed by atoms with E-state index >= 15 is 0 Å². The van der Waals surface area contributed by atoms with Crippen molar-refractivity contribution in [2.24, 2.45) is 0 Å². The van der Waals surface area contributed by atoms with Crippen LogP contribution in [0.2, 0.25) is 5.02 Å². The highest BCUT2D eigenvalue weighted by molar-refractivity contribution is 9.11. The summed E-state index contributed by atoms with van der Waals surface area (Å²) in [6, 6.07) is 7.86. The summed E-state index contributed by atoms with van der Waals surface area (Å²) in [6.07, 6.45) is 2.96. The van der Waals surface area contributed by atoms with Gasteiger partial charge in [0.1, 0.15) is 0 Å². The van der Waals surface area contributed by atoms with Crippen LogP contribution in [0.4, 0.5) is 0 Å². The molecule has 0 N–H and O–H groups in total. The van der Waals surface area contributed by atoms with Crippen molar-refractivity contribution in [3.63, 3.8) is 0 Å². The Balaban J connectivity index is 2.71. The second-order valence-corrected chi connectivity index (χ2v) is 3.16. The molecule has 0 fully saturated rings. The summed E-state index contributed by atoms with van der Waals surface area (Å²) >= 11 is 9.00. The monoisotopic (exact) mass is 230 g/mol. The van der Waals surface area contributed by atoms with Gasteiger partial charge >= 0.3 is 0 Å². The van der Waals surface area contributed by atoms with E-state index in [0.717, 1.165) is 11.4 Å². The molecule has 1 aromatic rings. The van der Waals surface area contributed by atoms with Crippen molar-refractivity contribution in [1.29, 1.82) is 0 Å². The fourth-order valence-electron chi connectivity index (χ4n) is 0.845. The number of hydrogen-bond acceptors (Lipinski definition) is 0. The zero-order chi connectivity index (χ0) is 8.10. The lowest BCUT2D eigenvalue weighted by Crippen LogP contribution is -1.78. The second kappa shape index (κ2) is 4.58. The molecule has 0 heterocycles. The van der Waals surface area contributed by atoms with E-state index in [2.05, 4.69) is 22.0 Å². The predicted molar refractivity (Wildman–Crippen MR) is 53.2 cm³/mol. The Bertz CT molecular complexity index is 255. The molecule has 0 aliphatic heterocycles. The zero-order valence-corrected chi connectivity index (χ0v) is 8.27. The Morgan fingerprint density at radius 2 is 2.27 bits per heavy atom. The molecule has 0 unspecified atom stereocenters. The molecule has 0 aliphatic carbocycles. The smallest absolute Gasteiger partial charge is 0.0408 e. The third kappa shape index (κ3) is 3.08. The molecule has 0 radical (unpaired) electrons. The SMILES string of the molecule is Clc1cccc(C/C=C/Br)c1. The third-order valence-electron chi connectivity index (χ3n) is 1.33. The fourth-order valence-corrected chi connectivity index (χ4v) is 1.24. The highest BCUT2D eigenvalue weighted by atomic mass is 79.9. The largest absolute Gasteiger partial charge is 0.0843 e. The highest BCUT2D eigenvalue weighted by Gasteiger charge is 1.89. The number of benzene rings is 1. The molecule has 1 rings (SSSR count). The van der Waals surface area contributed by atoms with E-state index in [0.29, 0.717) is 0 Å². The summed E-state index contributed by atoms with van der Waals surface area (Å²) in [7, 11) is 0. The van der Waals surface area contributed by atoms with Gasteiger partial charge in [0.2, 0.25) is 0 Å². The molecule has 58 valence electrons. The van der Waals surface area contributed by atoms with Crippen LogP contribution in [0.15, 0.2) is 35.3 Å². The van der Waals surface area contributed by atoms with Crippen LogP contribution in [0.5, 0.6) is 0 Å². The number of allylic oxidation sites excluding steroid dienone is 1. The average molecular weight is 232 g/mol. The quantitative estimate of drug-likeness (QED) is 0.726. The highest BCUT2D eigenvalue weighted by Crippen LogP contribution is 2.11. The van der Waals surface area contributed by atoms with Crippen molar-refractivity contribution in [2.75, 3.05) is 0 Å². The number of hydrogen-bond donors (Lipinski definition) is 0. The van der Waals surface area contributed by atoms with Crippen molar-refractivity contribution < 1.29 is 0 Å². The van der Waals surface area contributed by atoms with E-state index in [1.165, 1.54) is 5.56 Å². The van der Waals surface area contributed by atoms with Gasteiger partial charge in [0.05, 0.1) is 0 Å². The molecule has 0 spiro atoms. The summed E-state index contributed by atoms with van der Waals surface area (Å²) in [6.45, 7) is 0. The molecular formula is C9H8BrCl. The molecule has 0 bridgehead atoms. The van der Waals surface area contributed by atoms with Crippen LogP contribution in [-0.2, 0) is 6.42 Å². The van der Waals surface area contributed by atoms with Crippen molar-refractivity contribution in [1.82, 2.24) is 0 Å². The minimum atomic E-state index is 0.797. The van der Waals surface area contributed by atoms with Crippen molar-refractivity contribution in [2.45, 2.75) is 6.42 Å². The number of rotatable bonds is 2. The molecule has 0 saturated carbocycles. The fraction of sp³-hybridized carbons (Fsp3) is 0.111. The molecule has 1 aromatic carbocycles. The molecule has 11 heavy (non-hydrogen) atoms. The van der Waals surface area contributed by atoms with E-state index in [9.17, 15) is 0 Å². The molecular weight excluding hydrogens is 223 g/mol. The summed E-state index contributed by atoms with van der Waals surface area (Å²) < 4.78 is 0. The summed E-state index contributed by atoms with van der Waals surface area (Å²) in [4.78, 5) is 1.86. The summed E-state index contributed by atoms with van der Waals surface area (Å²) in [5.41, 5.74) is 1.23. The zero-order valence-electron chi connectivity index (χ0n) is 5.93. The van der Waals surface area contributed by atoms with E-state index in [4.69, 9.17) is 11.6 Å². The Hall–Kier alpha value is -0.270. The topological polar surface area (TPSA) is 0 Å². The van der Waals surface area contributed by atoms with Crippen LogP contribution in [0.3, 0.4) is 0 Å². The predicted octanol–water partition coefficient (Wildman–Crippen LogP) is 3.79. The lowest BCUT2D eigenvalue weighted by atomic mass is 10.2. The molecule has 0 amide bonds. The average Bonchev–Trinajstić information content (AvgIpc) is 2.01. The molecule has 0 saturated heterocycles. The molecule has 0 aromatic heterocycles. The molecule has 0 atom stereocenters. The van der Waals surface area contributed by atoms with Crippen molar-refractivity contribution >= 4 is 27.5 Å². The molecule has 2 heteroatoms. The number of halogens is 2. The first-order chi connectivity index (χ1) is 5.33. The third-order valence-corrected chi connectivity index (χ3v) is 1.94. The van der Waals surface area contributed by atoms with E-state index in [1.54, 1.807) is 0 Å². The van der Waals surface area contributed by atoms with Crippen LogP contribution in [-0.4, -0.2) is 0 Å². The first kappa shape index (κ1) is 8.82. The Kier molecular flexibility index (Phi) is 3.67. The van der Waals surface area contributed by atoms with E-state index < -0.39 is 0 Å². The molecule has 0 aliphatic rings. The maximum absolute atomic E-state index is 5.79. The lowest BCUT2D eigenvalue weighted by molar-refractivity contribution is 1.28. The van der Waals surface area contributed by atoms with Crippen molar-refractivity contribution in [3.05, 3.63) is 45.9 Å². The second-order valence-electron chi connectivity index (χ2n) is 2.20. The van der Waals surface area contributed by atoms with Gasteiger partial charge in [-0.2, -0.15) is 0 Å². The maximum Gasteiger partial charge on any atom is 0.0408 e. The van der Waals surface area contributed by atoms with Crippen LogP contribution >= 0.6 is 27.5 Å². The Morgan fingerprint density at radius 3 is 2.91 bits per heavy atom. The summed E-state index contributed by atoms with van der Waals surface area (Å²) in [5.74, 6) is 0. The maximum atomic E-state index is 5.79.